The lowest BCUT2D eigenvalue weighted by Gasteiger charge is -2.39. The molecule has 0 radical (unpaired) electrons. The van der Waals surface area contributed by atoms with Crippen LogP contribution in [0, 0.1) is 20.8 Å². The van der Waals surface area contributed by atoms with Crippen LogP contribution in [0.1, 0.15) is 56.4 Å². The zero-order valence-electron chi connectivity index (χ0n) is 16.7. The van der Waals surface area contributed by atoms with Crippen LogP contribution in [-0.2, 0) is 11.2 Å². The Labute approximate surface area is 147 Å². The Bertz CT molecular complexity index is 671. The van der Waals surface area contributed by atoms with Crippen molar-refractivity contribution in [3.8, 4) is 11.5 Å². The van der Waals surface area contributed by atoms with Crippen LogP contribution in [0.25, 0.3) is 0 Å². The summed E-state index contributed by atoms with van der Waals surface area (Å²) in [5, 5.41) is 0.155. The van der Waals surface area contributed by atoms with E-state index in [1.54, 1.807) is 0 Å². The fourth-order valence-corrected chi connectivity index (χ4v) is 4.02. The molecule has 134 valence electrons. The van der Waals surface area contributed by atoms with Gasteiger partial charge in [-0.25, -0.2) is 0 Å². The van der Waals surface area contributed by atoms with Gasteiger partial charge in [0.25, 0.3) is 8.32 Å². The van der Waals surface area contributed by atoms with E-state index in [0.717, 1.165) is 35.3 Å². The fourth-order valence-electron chi connectivity index (χ4n) is 2.90. The Morgan fingerprint density at radius 3 is 2.21 bits per heavy atom. The molecule has 1 aliphatic heterocycles. The van der Waals surface area contributed by atoms with Gasteiger partial charge in [-0.2, -0.15) is 0 Å². The van der Waals surface area contributed by atoms with Crippen LogP contribution >= 0.6 is 0 Å². The molecule has 1 aromatic rings. The van der Waals surface area contributed by atoms with Gasteiger partial charge in [-0.3, -0.25) is 4.79 Å². The Hall–Kier alpha value is -1.29. The van der Waals surface area contributed by atoms with E-state index in [-0.39, 0.29) is 5.04 Å². The van der Waals surface area contributed by atoms with Gasteiger partial charge in [0.05, 0.1) is 0 Å². The zero-order chi connectivity index (χ0) is 18.5. The lowest BCUT2D eigenvalue weighted by atomic mass is 9.88. The number of carbonyl (C=O) groups excluding carboxylic acids is 1. The van der Waals surface area contributed by atoms with E-state index in [1.807, 2.05) is 6.92 Å². The van der Waals surface area contributed by atoms with Gasteiger partial charge in [-0.1, -0.05) is 20.8 Å². The van der Waals surface area contributed by atoms with Crippen molar-refractivity contribution in [3.63, 3.8) is 0 Å². The summed E-state index contributed by atoms with van der Waals surface area (Å²) in [7, 11) is -1.91. The Morgan fingerprint density at radius 2 is 1.71 bits per heavy atom. The van der Waals surface area contributed by atoms with Gasteiger partial charge in [0, 0.05) is 5.56 Å². The first kappa shape index (κ1) is 19.0. The van der Waals surface area contributed by atoms with Crippen molar-refractivity contribution in [2.75, 3.05) is 0 Å². The first-order valence-corrected chi connectivity index (χ1v) is 11.7. The number of benzene rings is 1. The molecule has 0 spiro atoms. The van der Waals surface area contributed by atoms with Crippen molar-refractivity contribution >= 4 is 14.6 Å². The standard InChI is InChI=1S/C20H32O3Si/c1-13-14(2)18-16(10-11-20(7,12-21)22-18)15(3)17(13)23-24(8,9)19(4,5)6/h12H,10-11H2,1-9H3. The summed E-state index contributed by atoms with van der Waals surface area (Å²) in [6.07, 6.45) is 2.50. The number of ether oxygens (including phenoxy) is 1. The van der Waals surface area contributed by atoms with Crippen molar-refractivity contribution in [1.29, 1.82) is 0 Å². The maximum Gasteiger partial charge on any atom is 0.250 e. The molecule has 1 heterocycles. The molecule has 24 heavy (non-hydrogen) atoms. The van der Waals surface area contributed by atoms with Crippen LogP contribution in [0.3, 0.4) is 0 Å². The minimum absolute atomic E-state index is 0.155. The topological polar surface area (TPSA) is 35.5 Å². The van der Waals surface area contributed by atoms with Gasteiger partial charge < -0.3 is 9.16 Å². The van der Waals surface area contributed by atoms with Crippen LogP contribution in [0.2, 0.25) is 18.1 Å². The predicted molar refractivity (Wildman–Crippen MR) is 102 cm³/mol. The van der Waals surface area contributed by atoms with E-state index in [1.165, 1.54) is 11.1 Å². The van der Waals surface area contributed by atoms with Crippen molar-refractivity contribution in [3.05, 3.63) is 22.3 Å². The number of hydrogen-bond donors (Lipinski definition) is 0. The Morgan fingerprint density at radius 1 is 1.12 bits per heavy atom. The van der Waals surface area contributed by atoms with Gasteiger partial charge in [-0.15, -0.1) is 0 Å². The minimum Gasteiger partial charge on any atom is -0.543 e. The normalized spacial score (nSPS) is 21.0. The van der Waals surface area contributed by atoms with E-state index in [9.17, 15) is 4.79 Å². The van der Waals surface area contributed by atoms with Crippen molar-refractivity contribution in [2.24, 2.45) is 0 Å². The lowest BCUT2D eigenvalue weighted by molar-refractivity contribution is -0.121. The van der Waals surface area contributed by atoms with Crippen LogP contribution < -0.4 is 9.16 Å². The molecule has 1 aliphatic rings. The average Bonchev–Trinajstić information content (AvgIpc) is 2.48. The summed E-state index contributed by atoms with van der Waals surface area (Å²) in [5.41, 5.74) is 3.89. The monoisotopic (exact) mass is 348 g/mol. The molecular weight excluding hydrogens is 316 g/mol. The number of rotatable bonds is 3. The summed E-state index contributed by atoms with van der Waals surface area (Å²) in [5.74, 6) is 1.91. The van der Waals surface area contributed by atoms with Crippen molar-refractivity contribution < 1.29 is 14.0 Å². The quantitative estimate of drug-likeness (QED) is 0.551. The molecule has 1 aromatic carbocycles. The molecule has 4 heteroatoms. The summed E-state index contributed by atoms with van der Waals surface area (Å²) in [6, 6.07) is 0. The van der Waals surface area contributed by atoms with Crippen LogP contribution in [0.4, 0.5) is 0 Å². The van der Waals surface area contributed by atoms with E-state index in [2.05, 4.69) is 54.6 Å². The molecule has 0 aromatic heterocycles. The number of aldehydes is 1. The average molecular weight is 349 g/mol. The smallest absolute Gasteiger partial charge is 0.250 e. The minimum atomic E-state index is -1.91. The first-order valence-electron chi connectivity index (χ1n) is 8.80. The fraction of sp³-hybridized carbons (Fsp3) is 0.650. The van der Waals surface area contributed by atoms with Crippen LogP contribution in [0.15, 0.2) is 0 Å². The molecule has 0 amide bonds. The summed E-state index contributed by atoms with van der Waals surface area (Å²) >= 11 is 0. The zero-order valence-corrected chi connectivity index (χ0v) is 17.7. The molecule has 0 saturated carbocycles. The van der Waals surface area contributed by atoms with Crippen LogP contribution in [0.5, 0.6) is 11.5 Å². The third kappa shape index (κ3) is 3.13. The largest absolute Gasteiger partial charge is 0.543 e. The van der Waals surface area contributed by atoms with E-state index in [4.69, 9.17) is 9.16 Å². The van der Waals surface area contributed by atoms with Gasteiger partial charge in [0.2, 0.25) is 0 Å². The van der Waals surface area contributed by atoms with Gasteiger partial charge in [0.15, 0.2) is 11.9 Å². The number of hydrogen-bond acceptors (Lipinski definition) is 3. The molecule has 0 bridgehead atoms. The highest BCUT2D eigenvalue weighted by Gasteiger charge is 2.41. The third-order valence-corrected chi connectivity index (χ3v) is 10.3. The molecule has 0 saturated heterocycles. The van der Waals surface area contributed by atoms with Gasteiger partial charge >= 0.3 is 0 Å². The molecule has 2 rings (SSSR count). The van der Waals surface area contributed by atoms with Crippen molar-refractivity contribution in [2.45, 2.75) is 85.0 Å². The van der Waals surface area contributed by atoms with Gasteiger partial charge in [-0.05, 0) is 75.4 Å². The molecule has 3 nitrogen and oxygen atoms in total. The third-order valence-electron chi connectivity index (χ3n) is 5.93. The highest BCUT2D eigenvalue weighted by atomic mass is 28.4. The lowest BCUT2D eigenvalue weighted by Crippen LogP contribution is -2.44. The summed E-state index contributed by atoms with van der Waals surface area (Å²) in [4.78, 5) is 11.4. The first-order chi connectivity index (χ1) is 10.8. The highest BCUT2D eigenvalue weighted by molar-refractivity contribution is 6.74. The van der Waals surface area contributed by atoms with Crippen molar-refractivity contribution in [1.82, 2.24) is 0 Å². The summed E-state index contributed by atoms with van der Waals surface area (Å²) in [6.45, 7) is 19.5. The van der Waals surface area contributed by atoms with E-state index in [0.29, 0.717) is 6.42 Å². The number of carbonyl (C=O) groups is 1. The Balaban J connectivity index is 2.55. The maximum atomic E-state index is 11.4. The molecule has 0 N–H and O–H groups in total. The molecular formula is C20H32O3Si. The van der Waals surface area contributed by atoms with E-state index < -0.39 is 13.9 Å². The second kappa shape index (κ2) is 5.90. The summed E-state index contributed by atoms with van der Waals surface area (Å²) < 4.78 is 12.8. The second-order valence-corrected chi connectivity index (χ2v) is 13.6. The molecule has 1 unspecified atom stereocenters. The van der Waals surface area contributed by atoms with Gasteiger partial charge in [0.1, 0.15) is 11.5 Å². The second-order valence-electron chi connectivity index (χ2n) is 8.91. The number of fused-ring (bicyclic) bond motifs is 1. The van der Waals surface area contributed by atoms with Crippen LogP contribution in [-0.4, -0.2) is 20.2 Å². The molecule has 0 aliphatic carbocycles. The van der Waals surface area contributed by atoms with E-state index >= 15 is 0 Å². The SMILES string of the molecule is Cc1c(C)c2c(c(C)c1O[Si](C)(C)C(C)(C)C)CCC(C)(C=O)O2. The predicted octanol–water partition coefficient (Wildman–Crippen LogP) is 5.28. The Kier molecular flexibility index (Phi) is 4.68. The molecule has 0 fully saturated rings. The highest BCUT2D eigenvalue weighted by Crippen LogP contribution is 2.46. The molecule has 1 atom stereocenters. The maximum absolute atomic E-state index is 11.4.